The summed E-state index contributed by atoms with van der Waals surface area (Å²) in [7, 11) is 1.46. The topological polar surface area (TPSA) is 97.2 Å². The molecular weight excluding hydrogens is 428 g/mol. The Morgan fingerprint density at radius 1 is 1.30 bits per heavy atom. The number of nitrogens with zero attached hydrogens (tertiary/aromatic N) is 1. The van der Waals surface area contributed by atoms with Gasteiger partial charge in [0.25, 0.3) is 5.91 Å². The maximum Gasteiger partial charge on any atom is 0.344 e. The standard InChI is InChI=1S/C21H19ClN2O5S/c1-3-15(20(26)27)29-16-9-8-12(10-17(16)28-2)11-18-19(25)24-21(30-18)23-14-7-5-4-6-13(14)22/h4-11,15H,3H2,1-2H3,(H,26,27)(H,23,24,25)/b18-11+. The zero-order valence-electron chi connectivity index (χ0n) is 16.2. The van der Waals surface area contributed by atoms with Crippen molar-refractivity contribution in [3.8, 4) is 11.5 Å². The predicted molar refractivity (Wildman–Crippen MR) is 118 cm³/mol. The molecule has 1 heterocycles. The van der Waals surface area contributed by atoms with Crippen LogP contribution in [0.2, 0.25) is 5.02 Å². The van der Waals surface area contributed by atoms with Gasteiger partial charge in [0.2, 0.25) is 0 Å². The second-order valence-corrected chi connectivity index (χ2v) is 7.63. The van der Waals surface area contributed by atoms with Crippen molar-refractivity contribution in [3.63, 3.8) is 0 Å². The number of benzene rings is 2. The Morgan fingerprint density at radius 3 is 2.73 bits per heavy atom. The summed E-state index contributed by atoms with van der Waals surface area (Å²) in [6.45, 7) is 1.72. The quantitative estimate of drug-likeness (QED) is 0.608. The molecule has 0 saturated carbocycles. The highest BCUT2D eigenvalue weighted by molar-refractivity contribution is 8.18. The smallest absolute Gasteiger partial charge is 0.344 e. The van der Waals surface area contributed by atoms with E-state index in [0.29, 0.717) is 44.3 Å². The summed E-state index contributed by atoms with van der Waals surface area (Å²) in [5.41, 5.74) is 1.26. The van der Waals surface area contributed by atoms with Gasteiger partial charge in [-0.3, -0.25) is 4.79 Å². The number of aliphatic imine (C=N–C) groups is 1. The molecule has 30 heavy (non-hydrogen) atoms. The lowest BCUT2D eigenvalue weighted by Gasteiger charge is -2.16. The fourth-order valence-corrected chi connectivity index (χ4v) is 3.63. The fourth-order valence-electron chi connectivity index (χ4n) is 2.62. The number of carbonyl (C=O) groups excluding carboxylic acids is 1. The van der Waals surface area contributed by atoms with Gasteiger partial charge in [0.05, 0.1) is 22.7 Å². The van der Waals surface area contributed by atoms with Crippen molar-refractivity contribution < 1.29 is 24.2 Å². The summed E-state index contributed by atoms with van der Waals surface area (Å²) < 4.78 is 10.8. The van der Waals surface area contributed by atoms with Gasteiger partial charge in [-0.1, -0.05) is 36.7 Å². The summed E-state index contributed by atoms with van der Waals surface area (Å²) in [4.78, 5) is 28.4. The van der Waals surface area contributed by atoms with Crippen LogP contribution in [0.25, 0.3) is 6.08 Å². The number of rotatable bonds is 7. The van der Waals surface area contributed by atoms with Crippen molar-refractivity contribution in [2.45, 2.75) is 19.4 Å². The van der Waals surface area contributed by atoms with E-state index in [-0.39, 0.29) is 5.91 Å². The molecule has 7 nitrogen and oxygen atoms in total. The number of carboxylic acid groups (broad SMARTS) is 1. The Morgan fingerprint density at radius 2 is 2.07 bits per heavy atom. The van der Waals surface area contributed by atoms with Crippen LogP contribution in [0.3, 0.4) is 0 Å². The Labute approximate surface area is 182 Å². The number of nitrogens with one attached hydrogen (secondary N) is 1. The van der Waals surface area contributed by atoms with Gasteiger partial charge in [0.1, 0.15) is 0 Å². The first kappa shape index (κ1) is 21.7. The molecule has 1 amide bonds. The minimum Gasteiger partial charge on any atom is -0.493 e. The van der Waals surface area contributed by atoms with Crippen LogP contribution in [-0.4, -0.2) is 35.4 Å². The lowest BCUT2D eigenvalue weighted by molar-refractivity contribution is -0.145. The molecule has 1 unspecified atom stereocenters. The molecule has 0 bridgehead atoms. The van der Waals surface area contributed by atoms with Crippen LogP contribution < -0.4 is 14.8 Å². The minimum absolute atomic E-state index is 0.276. The molecule has 1 aliphatic heterocycles. The van der Waals surface area contributed by atoms with Crippen LogP contribution in [0.4, 0.5) is 5.69 Å². The normalized spacial score (nSPS) is 17.1. The molecule has 1 saturated heterocycles. The number of ether oxygens (including phenoxy) is 2. The number of para-hydroxylation sites is 1. The largest absolute Gasteiger partial charge is 0.493 e. The number of amidine groups is 1. The van der Waals surface area contributed by atoms with Gasteiger partial charge < -0.3 is 19.9 Å². The molecule has 1 aliphatic rings. The third kappa shape index (κ3) is 5.14. The number of carboxylic acids is 1. The monoisotopic (exact) mass is 446 g/mol. The predicted octanol–water partition coefficient (Wildman–Crippen LogP) is 4.48. The Balaban J connectivity index is 1.82. The number of thioether (sulfide) groups is 1. The van der Waals surface area contributed by atoms with Crippen molar-refractivity contribution in [1.29, 1.82) is 0 Å². The molecule has 0 aromatic heterocycles. The summed E-state index contributed by atoms with van der Waals surface area (Å²) in [6.07, 6.45) is 1.03. The first-order valence-electron chi connectivity index (χ1n) is 9.03. The number of amides is 1. The van der Waals surface area contributed by atoms with Crippen molar-refractivity contribution in [2.75, 3.05) is 7.11 Å². The van der Waals surface area contributed by atoms with Gasteiger partial charge >= 0.3 is 5.97 Å². The van der Waals surface area contributed by atoms with E-state index in [4.69, 9.17) is 21.1 Å². The zero-order chi connectivity index (χ0) is 21.7. The van der Waals surface area contributed by atoms with Gasteiger partial charge in [-0.25, -0.2) is 9.79 Å². The van der Waals surface area contributed by atoms with E-state index in [2.05, 4.69) is 10.3 Å². The number of halogens is 1. The lowest BCUT2D eigenvalue weighted by Crippen LogP contribution is -2.26. The highest BCUT2D eigenvalue weighted by atomic mass is 35.5. The molecule has 156 valence electrons. The number of aliphatic carboxylic acids is 1. The SMILES string of the molecule is CCC(Oc1ccc(/C=C2/SC(=Nc3ccccc3Cl)NC2=O)cc1OC)C(=O)O. The number of hydrogen-bond donors (Lipinski definition) is 2. The van der Waals surface area contributed by atoms with Crippen LogP contribution in [0.1, 0.15) is 18.9 Å². The molecule has 1 atom stereocenters. The highest BCUT2D eigenvalue weighted by Gasteiger charge is 2.24. The van der Waals surface area contributed by atoms with E-state index in [1.165, 1.54) is 18.9 Å². The third-order valence-corrected chi connectivity index (χ3v) is 5.36. The van der Waals surface area contributed by atoms with Gasteiger partial charge in [-0.2, -0.15) is 0 Å². The third-order valence-electron chi connectivity index (χ3n) is 4.13. The summed E-state index contributed by atoms with van der Waals surface area (Å²) in [5, 5.41) is 12.8. The van der Waals surface area contributed by atoms with E-state index in [1.807, 2.05) is 6.07 Å². The van der Waals surface area contributed by atoms with Gasteiger partial charge in [-0.15, -0.1) is 0 Å². The van der Waals surface area contributed by atoms with Crippen molar-refractivity contribution >= 4 is 52.2 Å². The Bertz CT molecular complexity index is 1040. The fraction of sp³-hybridized carbons (Fsp3) is 0.190. The van der Waals surface area contributed by atoms with Crippen LogP contribution in [-0.2, 0) is 9.59 Å². The van der Waals surface area contributed by atoms with Crippen LogP contribution in [0, 0.1) is 0 Å². The van der Waals surface area contributed by atoms with E-state index in [9.17, 15) is 14.7 Å². The van der Waals surface area contributed by atoms with Crippen LogP contribution in [0.15, 0.2) is 52.4 Å². The molecule has 2 N–H and O–H groups in total. The van der Waals surface area contributed by atoms with Gasteiger partial charge in [0, 0.05) is 0 Å². The molecule has 3 rings (SSSR count). The molecule has 2 aromatic rings. The summed E-state index contributed by atoms with van der Waals surface area (Å²) in [6, 6.07) is 12.1. The first-order chi connectivity index (χ1) is 14.4. The van der Waals surface area contributed by atoms with Crippen molar-refractivity contribution in [1.82, 2.24) is 5.32 Å². The molecule has 0 radical (unpaired) electrons. The van der Waals surface area contributed by atoms with Gasteiger partial charge in [0.15, 0.2) is 22.8 Å². The van der Waals surface area contributed by atoms with Crippen molar-refractivity contribution in [3.05, 3.63) is 58.0 Å². The van der Waals surface area contributed by atoms with E-state index in [1.54, 1.807) is 49.4 Å². The molecule has 0 aliphatic carbocycles. The molecule has 9 heteroatoms. The van der Waals surface area contributed by atoms with Crippen LogP contribution in [0.5, 0.6) is 11.5 Å². The number of carbonyl (C=O) groups is 2. The van der Waals surface area contributed by atoms with Gasteiger partial charge in [-0.05, 0) is 54.1 Å². The Hall–Kier alpha value is -2.97. The van der Waals surface area contributed by atoms with Crippen molar-refractivity contribution in [2.24, 2.45) is 4.99 Å². The highest BCUT2D eigenvalue weighted by Crippen LogP contribution is 2.33. The summed E-state index contributed by atoms with van der Waals surface area (Å²) >= 11 is 7.31. The maximum atomic E-state index is 12.3. The van der Waals surface area contributed by atoms with E-state index in [0.717, 1.165) is 0 Å². The van der Waals surface area contributed by atoms with E-state index >= 15 is 0 Å². The molecule has 2 aromatic carbocycles. The molecule has 1 fully saturated rings. The van der Waals surface area contributed by atoms with E-state index < -0.39 is 12.1 Å². The average molecular weight is 447 g/mol. The second-order valence-electron chi connectivity index (χ2n) is 6.20. The first-order valence-corrected chi connectivity index (χ1v) is 10.2. The molecule has 0 spiro atoms. The van der Waals surface area contributed by atoms with Crippen LogP contribution >= 0.6 is 23.4 Å². The average Bonchev–Trinajstić information content (AvgIpc) is 3.07. The second kappa shape index (κ2) is 9.69. The number of hydrogen-bond acceptors (Lipinski definition) is 6. The minimum atomic E-state index is -1.05. The Kier molecular flexibility index (Phi) is 7.02. The zero-order valence-corrected chi connectivity index (χ0v) is 17.8. The maximum absolute atomic E-state index is 12.3. The number of methoxy groups -OCH3 is 1. The lowest BCUT2D eigenvalue weighted by atomic mass is 10.1. The summed E-state index contributed by atoms with van der Waals surface area (Å²) in [5.74, 6) is -0.632. The molecular formula is C21H19ClN2O5S.